The molecule has 1 aliphatic heterocycles. The second-order valence-electron chi connectivity index (χ2n) is 4.08. The van der Waals surface area contributed by atoms with Crippen LogP contribution in [0.25, 0.3) is 0 Å². The van der Waals surface area contributed by atoms with Gasteiger partial charge in [0, 0.05) is 18.8 Å². The van der Waals surface area contributed by atoms with E-state index in [9.17, 15) is 0 Å². The molecule has 4 nitrogen and oxygen atoms in total. The summed E-state index contributed by atoms with van der Waals surface area (Å²) in [5, 5.41) is 11.1. The quantitative estimate of drug-likeness (QED) is 0.808. The molecule has 1 atom stereocenters. The topological polar surface area (TPSA) is 41.1 Å². The molecule has 1 aromatic heterocycles. The molecular formula is C11H18N4. The Kier molecular flexibility index (Phi) is 3.50. The van der Waals surface area contributed by atoms with Crippen LogP contribution in [0.1, 0.15) is 19.8 Å². The van der Waals surface area contributed by atoms with Gasteiger partial charge in [0.1, 0.15) is 5.82 Å². The maximum absolute atomic E-state index is 4.00. The lowest BCUT2D eigenvalue weighted by Crippen LogP contribution is -2.35. The van der Waals surface area contributed by atoms with Gasteiger partial charge in [0.15, 0.2) is 0 Å². The molecule has 1 saturated heterocycles. The molecule has 1 aliphatic rings. The van der Waals surface area contributed by atoms with E-state index in [-0.39, 0.29) is 0 Å². The lowest BCUT2D eigenvalue weighted by atomic mass is 10.3. The Hall–Kier alpha value is -1.16. The van der Waals surface area contributed by atoms with Crippen molar-refractivity contribution in [3.05, 3.63) is 18.3 Å². The highest BCUT2D eigenvalue weighted by Gasteiger charge is 2.17. The summed E-state index contributed by atoms with van der Waals surface area (Å²) in [6.07, 6.45) is 4.38. The summed E-state index contributed by atoms with van der Waals surface area (Å²) < 4.78 is 0. The van der Waals surface area contributed by atoms with Crippen molar-refractivity contribution in [3.8, 4) is 0 Å². The molecule has 0 aromatic carbocycles. The number of rotatable bonds is 4. The van der Waals surface area contributed by atoms with Crippen LogP contribution in [-0.4, -0.2) is 40.8 Å². The number of nitrogens with zero attached hydrogens (tertiary/aromatic N) is 3. The zero-order chi connectivity index (χ0) is 10.5. The minimum absolute atomic E-state index is 0.578. The highest BCUT2D eigenvalue weighted by atomic mass is 15.2. The predicted octanol–water partition coefficient (Wildman–Crippen LogP) is 1.37. The molecule has 0 aliphatic carbocycles. The van der Waals surface area contributed by atoms with E-state index in [1.165, 1.54) is 25.9 Å². The first-order valence-corrected chi connectivity index (χ1v) is 5.62. The van der Waals surface area contributed by atoms with Crippen LogP contribution in [0.5, 0.6) is 0 Å². The van der Waals surface area contributed by atoms with Gasteiger partial charge in [0.2, 0.25) is 0 Å². The molecular weight excluding hydrogens is 188 g/mol. The van der Waals surface area contributed by atoms with Crippen LogP contribution in [0.15, 0.2) is 18.3 Å². The van der Waals surface area contributed by atoms with Gasteiger partial charge in [-0.1, -0.05) is 0 Å². The lowest BCUT2D eigenvalue weighted by molar-refractivity contribution is 0.269. The van der Waals surface area contributed by atoms with Gasteiger partial charge in [-0.15, -0.1) is 5.10 Å². The van der Waals surface area contributed by atoms with Crippen molar-refractivity contribution in [2.75, 3.05) is 25.0 Å². The van der Waals surface area contributed by atoms with E-state index in [4.69, 9.17) is 0 Å². The van der Waals surface area contributed by atoms with Gasteiger partial charge in [0.25, 0.3) is 0 Å². The molecule has 0 radical (unpaired) electrons. The Bertz CT molecular complexity index is 282. The molecule has 1 unspecified atom stereocenters. The van der Waals surface area contributed by atoms with Gasteiger partial charge in [-0.25, -0.2) is 0 Å². The Labute approximate surface area is 90.7 Å². The fraction of sp³-hybridized carbons (Fsp3) is 0.636. The molecule has 15 heavy (non-hydrogen) atoms. The molecule has 82 valence electrons. The number of hydrogen-bond donors (Lipinski definition) is 1. The largest absolute Gasteiger partial charge is 0.367 e. The highest BCUT2D eigenvalue weighted by molar-refractivity contribution is 5.31. The maximum atomic E-state index is 4.00. The number of aromatic nitrogens is 2. The van der Waals surface area contributed by atoms with Crippen molar-refractivity contribution in [1.29, 1.82) is 0 Å². The van der Waals surface area contributed by atoms with Gasteiger partial charge in [-0.3, -0.25) is 4.90 Å². The monoisotopic (exact) mass is 206 g/mol. The molecule has 0 bridgehead atoms. The SMILES string of the molecule is CC(CNc1cccnn1)N1CCCC1. The van der Waals surface area contributed by atoms with Gasteiger partial charge in [-0.2, -0.15) is 5.10 Å². The zero-order valence-electron chi connectivity index (χ0n) is 9.19. The molecule has 0 spiro atoms. The van der Waals surface area contributed by atoms with E-state index >= 15 is 0 Å². The zero-order valence-corrected chi connectivity index (χ0v) is 9.19. The number of nitrogens with one attached hydrogen (secondary N) is 1. The predicted molar refractivity (Wildman–Crippen MR) is 60.8 cm³/mol. The molecule has 2 heterocycles. The van der Waals surface area contributed by atoms with Crippen LogP contribution in [-0.2, 0) is 0 Å². The smallest absolute Gasteiger partial charge is 0.148 e. The van der Waals surface area contributed by atoms with Crippen LogP contribution >= 0.6 is 0 Å². The molecule has 0 saturated carbocycles. The molecule has 0 amide bonds. The van der Waals surface area contributed by atoms with Gasteiger partial charge < -0.3 is 5.32 Å². The van der Waals surface area contributed by atoms with Crippen LogP contribution in [0.3, 0.4) is 0 Å². The van der Waals surface area contributed by atoms with Gasteiger partial charge in [0.05, 0.1) is 0 Å². The third kappa shape index (κ3) is 2.89. The first kappa shape index (κ1) is 10.4. The summed E-state index contributed by atoms with van der Waals surface area (Å²) in [6, 6.07) is 4.43. The Morgan fingerprint density at radius 3 is 2.93 bits per heavy atom. The average molecular weight is 206 g/mol. The summed E-state index contributed by atoms with van der Waals surface area (Å²) >= 11 is 0. The summed E-state index contributed by atoms with van der Waals surface area (Å²) in [5.74, 6) is 0.864. The standard InChI is InChI=1S/C11H18N4/c1-10(15-7-2-3-8-15)9-12-11-5-4-6-13-14-11/h4-6,10H,2-3,7-9H2,1H3,(H,12,14). The van der Waals surface area contributed by atoms with E-state index in [1.807, 2.05) is 12.1 Å². The van der Waals surface area contributed by atoms with Crippen molar-refractivity contribution >= 4 is 5.82 Å². The fourth-order valence-electron chi connectivity index (χ4n) is 1.96. The first-order chi connectivity index (χ1) is 7.36. The Morgan fingerprint density at radius 1 is 1.47 bits per heavy atom. The first-order valence-electron chi connectivity index (χ1n) is 5.62. The van der Waals surface area contributed by atoms with Crippen molar-refractivity contribution in [2.45, 2.75) is 25.8 Å². The maximum Gasteiger partial charge on any atom is 0.148 e. The Morgan fingerprint density at radius 2 is 2.27 bits per heavy atom. The average Bonchev–Trinajstić information content (AvgIpc) is 2.81. The second-order valence-corrected chi connectivity index (χ2v) is 4.08. The highest BCUT2D eigenvalue weighted by Crippen LogP contribution is 2.11. The van der Waals surface area contributed by atoms with Crippen molar-refractivity contribution < 1.29 is 0 Å². The number of likely N-dealkylation sites (tertiary alicyclic amines) is 1. The summed E-state index contributed by atoms with van der Waals surface area (Å²) in [4.78, 5) is 2.52. The third-order valence-electron chi connectivity index (χ3n) is 2.91. The van der Waals surface area contributed by atoms with E-state index in [1.54, 1.807) is 6.20 Å². The van der Waals surface area contributed by atoms with Gasteiger partial charge in [-0.05, 0) is 45.0 Å². The van der Waals surface area contributed by atoms with Crippen LogP contribution in [0.4, 0.5) is 5.82 Å². The van der Waals surface area contributed by atoms with E-state index < -0.39 is 0 Å². The van der Waals surface area contributed by atoms with E-state index in [0.29, 0.717) is 6.04 Å². The minimum Gasteiger partial charge on any atom is -0.367 e. The van der Waals surface area contributed by atoms with E-state index in [2.05, 4.69) is 27.3 Å². The summed E-state index contributed by atoms with van der Waals surface area (Å²) in [6.45, 7) is 5.68. The molecule has 1 fully saturated rings. The van der Waals surface area contributed by atoms with Crippen molar-refractivity contribution in [1.82, 2.24) is 15.1 Å². The Balaban J connectivity index is 1.77. The van der Waals surface area contributed by atoms with Crippen molar-refractivity contribution in [2.24, 2.45) is 0 Å². The summed E-state index contributed by atoms with van der Waals surface area (Å²) in [5.41, 5.74) is 0. The van der Waals surface area contributed by atoms with Crippen molar-refractivity contribution in [3.63, 3.8) is 0 Å². The third-order valence-corrected chi connectivity index (χ3v) is 2.91. The number of hydrogen-bond acceptors (Lipinski definition) is 4. The second kappa shape index (κ2) is 5.07. The molecule has 1 aromatic rings. The van der Waals surface area contributed by atoms with Gasteiger partial charge >= 0.3 is 0 Å². The van der Waals surface area contributed by atoms with Crippen LogP contribution in [0, 0.1) is 0 Å². The lowest BCUT2D eigenvalue weighted by Gasteiger charge is -2.23. The minimum atomic E-state index is 0.578. The molecule has 4 heteroatoms. The van der Waals surface area contributed by atoms with E-state index in [0.717, 1.165) is 12.4 Å². The van der Waals surface area contributed by atoms with Crippen LogP contribution in [0.2, 0.25) is 0 Å². The number of anilines is 1. The molecule has 1 N–H and O–H groups in total. The fourth-order valence-corrected chi connectivity index (χ4v) is 1.96. The normalized spacial score (nSPS) is 19.0. The van der Waals surface area contributed by atoms with Crippen LogP contribution < -0.4 is 5.32 Å². The molecule has 2 rings (SSSR count). The summed E-state index contributed by atoms with van der Waals surface area (Å²) in [7, 11) is 0.